The Morgan fingerprint density at radius 3 is 2.46 bits per heavy atom. The van der Waals surface area contributed by atoms with Gasteiger partial charge in [0.2, 0.25) is 10.3 Å². The number of rotatable bonds is 2. The molecule has 1 rings (SSSR count). The summed E-state index contributed by atoms with van der Waals surface area (Å²) >= 11 is 0. The van der Waals surface area contributed by atoms with Crippen LogP contribution in [0, 0.1) is 10.1 Å². The Bertz CT molecular complexity index is 455. The highest BCUT2D eigenvalue weighted by Gasteiger charge is 2.09. The van der Waals surface area contributed by atoms with E-state index in [2.05, 4.69) is 0 Å². The van der Waals surface area contributed by atoms with Crippen molar-refractivity contribution < 1.29 is 13.3 Å². The molecule has 0 aliphatic rings. The lowest BCUT2D eigenvalue weighted by molar-refractivity contribution is -0.385. The SMILES string of the molecule is O=[N+]([O-])c1ccccc1C=S(=O)=O. The van der Waals surface area contributed by atoms with Crippen LogP contribution in [0.25, 0.3) is 0 Å². The molecule has 1 aromatic carbocycles. The van der Waals surface area contributed by atoms with Crippen LogP contribution < -0.4 is 0 Å². The quantitative estimate of drug-likeness (QED) is 0.397. The lowest BCUT2D eigenvalue weighted by Crippen LogP contribution is -1.93. The van der Waals surface area contributed by atoms with Crippen LogP contribution in [0.3, 0.4) is 0 Å². The Morgan fingerprint density at radius 2 is 1.92 bits per heavy atom. The van der Waals surface area contributed by atoms with Gasteiger partial charge >= 0.3 is 0 Å². The summed E-state index contributed by atoms with van der Waals surface area (Å²) < 4.78 is 20.5. The van der Waals surface area contributed by atoms with Crippen LogP contribution in [0.15, 0.2) is 24.3 Å². The number of nitrogens with zero attached hydrogens (tertiary/aromatic N) is 1. The second-order valence-electron chi connectivity index (χ2n) is 2.19. The van der Waals surface area contributed by atoms with Crippen molar-refractivity contribution in [1.82, 2.24) is 0 Å². The molecule has 0 heterocycles. The molecule has 0 saturated carbocycles. The van der Waals surface area contributed by atoms with Crippen LogP contribution in [0.2, 0.25) is 0 Å². The van der Waals surface area contributed by atoms with Gasteiger partial charge in [-0.2, -0.15) is 8.42 Å². The summed E-state index contributed by atoms with van der Waals surface area (Å²) in [7, 11) is -2.42. The third-order valence-electron chi connectivity index (χ3n) is 1.36. The van der Waals surface area contributed by atoms with Crippen LogP contribution in [0.4, 0.5) is 5.69 Å². The van der Waals surface area contributed by atoms with E-state index in [9.17, 15) is 18.5 Å². The zero-order valence-electron chi connectivity index (χ0n) is 6.38. The smallest absolute Gasteiger partial charge is 0.258 e. The number of hydrogen-bond donors (Lipinski definition) is 0. The lowest BCUT2D eigenvalue weighted by atomic mass is 10.2. The van der Waals surface area contributed by atoms with Gasteiger partial charge in [0.1, 0.15) is 0 Å². The monoisotopic (exact) mass is 199 g/mol. The average Bonchev–Trinajstić information content (AvgIpc) is 2.03. The van der Waals surface area contributed by atoms with Gasteiger partial charge in [0.15, 0.2) is 0 Å². The van der Waals surface area contributed by atoms with E-state index in [4.69, 9.17) is 0 Å². The van der Waals surface area contributed by atoms with Crippen molar-refractivity contribution in [3.8, 4) is 0 Å². The van der Waals surface area contributed by atoms with E-state index >= 15 is 0 Å². The first-order chi connectivity index (χ1) is 6.11. The third kappa shape index (κ3) is 2.38. The Labute approximate surface area is 75.3 Å². The van der Waals surface area contributed by atoms with Gasteiger partial charge in [-0.05, 0) is 6.07 Å². The van der Waals surface area contributed by atoms with Gasteiger partial charge in [0, 0.05) is 6.07 Å². The fraction of sp³-hybridized carbons (Fsp3) is 0. The van der Waals surface area contributed by atoms with E-state index in [1.165, 1.54) is 24.3 Å². The fourth-order valence-electron chi connectivity index (χ4n) is 0.857. The van der Waals surface area contributed by atoms with E-state index in [1.807, 2.05) is 0 Å². The van der Waals surface area contributed by atoms with Crippen LogP contribution >= 0.6 is 0 Å². The van der Waals surface area contributed by atoms with Gasteiger partial charge in [-0.3, -0.25) is 10.1 Å². The van der Waals surface area contributed by atoms with Gasteiger partial charge in [-0.15, -0.1) is 0 Å². The van der Waals surface area contributed by atoms with E-state index in [-0.39, 0.29) is 11.3 Å². The molecule has 0 aliphatic heterocycles. The minimum absolute atomic E-state index is 0.0841. The number of benzene rings is 1. The molecule has 68 valence electrons. The molecule has 0 amide bonds. The van der Waals surface area contributed by atoms with E-state index in [0.29, 0.717) is 0 Å². The second-order valence-corrected chi connectivity index (χ2v) is 2.95. The van der Waals surface area contributed by atoms with Crippen molar-refractivity contribution in [1.29, 1.82) is 0 Å². The van der Waals surface area contributed by atoms with Gasteiger partial charge in [-0.25, -0.2) is 0 Å². The zero-order valence-corrected chi connectivity index (χ0v) is 7.19. The molecule has 0 N–H and O–H groups in total. The molecule has 0 saturated heterocycles. The molecule has 0 aromatic heterocycles. The Morgan fingerprint density at radius 1 is 1.31 bits per heavy atom. The molecular weight excluding hydrogens is 194 g/mol. The Kier molecular flexibility index (Phi) is 2.76. The molecule has 0 spiro atoms. The molecule has 1 aromatic rings. The third-order valence-corrected chi connectivity index (χ3v) is 1.80. The highest BCUT2D eigenvalue weighted by Crippen LogP contribution is 2.14. The largest absolute Gasteiger partial charge is 0.277 e. The maximum absolute atomic E-state index is 10.4. The van der Waals surface area contributed by atoms with Crippen LogP contribution in [0.1, 0.15) is 5.56 Å². The molecule has 0 fully saturated rings. The fourth-order valence-corrected chi connectivity index (χ4v) is 1.26. The summed E-state index contributed by atoms with van der Waals surface area (Å²) in [6, 6.07) is 5.63. The van der Waals surface area contributed by atoms with E-state index < -0.39 is 15.2 Å². The molecule has 6 heteroatoms. The summed E-state index contributed by atoms with van der Waals surface area (Å²) in [6.07, 6.45) is 0. The molecule has 0 unspecified atom stereocenters. The highest BCUT2D eigenvalue weighted by molar-refractivity contribution is 7.71. The van der Waals surface area contributed by atoms with Crippen molar-refractivity contribution in [3.63, 3.8) is 0 Å². The molecular formula is C7H5NO4S. The summed E-state index contributed by atoms with van der Waals surface area (Å²) in [4.78, 5) is 9.76. The van der Waals surface area contributed by atoms with Crippen molar-refractivity contribution in [2.75, 3.05) is 0 Å². The van der Waals surface area contributed by atoms with Crippen molar-refractivity contribution >= 4 is 21.3 Å². The second kappa shape index (κ2) is 3.81. The minimum atomic E-state index is -2.42. The summed E-state index contributed by atoms with van der Waals surface area (Å²) in [5.41, 5.74) is -0.132. The van der Waals surface area contributed by atoms with Crippen molar-refractivity contribution in [3.05, 3.63) is 39.9 Å². The first kappa shape index (κ1) is 9.40. The average molecular weight is 199 g/mol. The molecule has 0 bridgehead atoms. The van der Waals surface area contributed by atoms with Crippen molar-refractivity contribution in [2.45, 2.75) is 0 Å². The van der Waals surface area contributed by atoms with E-state index in [1.54, 1.807) is 0 Å². The van der Waals surface area contributed by atoms with Gasteiger partial charge in [-0.1, -0.05) is 12.1 Å². The standard InChI is InChI=1S/C7H5NO4S/c9-8(10)7-4-2-1-3-6(7)5-13(11)12/h1-5H. The molecule has 0 atom stereocenters. The van der Waals surface area contributed by atoms with Gasteiger partial charge < -0.3 is 0 Å². The molecule has 13 heavy (non-hydrogen) atoms. The molecule has 0 aliphatic carbocycles. The number of para-hydroxylation sites is 1. The maximum atomic E-state index is 10.4. The Hall–Kier alpha value is -1.69. The molecule has 0 radical (unpaired) electrons. The minimum Gasteiger partial charge on any atom is -0.258 e. The summed E-state index contributed by atoms with van der Waals surface area (Å²) in [5, 5.41) is 11.2. The summed E-state index contributed by atoms with van der Waals surface area (Å²) in [5.74, 6) is 0. The summed E-state index contributed by atoms with van der Waals surface area (Å²) in [6.45, 7) is 0. The molecule has 5 nitrogen and oxygen atoms in total. The van der Waals surface area contributed by atoms with Crippen molar-refractivity contribution in [2.24, 2.45) is 0 Å². The normalized spacial score (nSPS) is 9.23. The number of nitro benzene ring substituents is 1. The number of hydrogen-bond acceptors (Lipinski definition) is 4. The van der Waals surface area contributed by atoms with E-state index in [0.717, 1.165) is 5.37 Å². The maximum Gasteiger partial charge on any atom is 0.277 e. The predicted molar refractivity (Wildman–Crippen MR) is 47.2 cm³/mol. The van der Waals surface area contributed by atoms with Crippen LogP contribution in [-0.4, -0.2) is 18.7 Å². The zero-order chi connectivity index (χ0) is 9.84. The highest BCUT2D eigenvalue weighted by atomic mass is 32.2. The van der Waals surface area contributed by atoms with Gasteiger partial charge in [0.05, 0.1) is 15.9 Å². The lowest BCUT2D eigenvalue weighted by Gasteiger charge is -1.92. The van der Waals surface area contributed by atoms with Gasteiger partial charge in [0.25, 0.3) is 5.69 Å². The first-order valence-electron chi connectivity index (χ1n) is 3.27. The topological polar surface area (TPSA) is 77.3 Å². The predicted octanol–water partition coefficient (Wildman–Crippen LogP) is 0.624. The van der Waals surface area contributed by atoms with Crippen LogP contribution in [-0.2, 0) is 10.3 Å². The number of nitro groups is 1. The Balaban J connectivity index is 3.36. The first-order valence-corrected chi connectivity index (χ1v) is 4.41. The van der Waals surface area contributed by atoms with Crippen LogP contribution in [0.5, 0.6) is 0 Å².